The van der Waals surface area contributed by atoms with E-state index in [4.69, 9.17) is 4.74 Å². The average molecular weight is 379 g/mol. The number of aliphatic imine (C=N–C) groups is 1. The Morgan fingerprint density at radius 3 is 2.78 bits per heavy atom. The Bertz CT molecular complexity index is 667. The van der Waals surface area contributed by atoms with Crippen LogP contribution in [0.2, 0.25) is 0 Å². The van der Waals surface area contributed by atoms with Gasteiger partial charge in [-0.2, -0.15) is 5.10 Å². The zero-order valence-corrected chi connectivity index (χ0v) is 17.5. The third kappa shape index (κ3) is 5.45. The van der Waals surface area contributed by atoms with Gasteiger partial charge < -0.3 is 20.3 Å². The molecule has 0 bridgehead atoms. The van der Waals surface area contributed by atoms with Crippen LogP contribution in [0.1, 0.15) is 37.2 Å². The van der Waals surface area contributed by atoms with Crippen molar-refractivity contribution in [2.24, 2.45) is 10.9 Å². The fraction of sp³-hybridized carbons (Fsp3) is 0.737. The first kappa shape index (κ1) is 21.2. The predicted octanol–water partition coefficient (Wildman–Crippen LogP) is 1.07. The average Bonchev–Trinajstić information content (AvgIpc) is 3.21. The fourth-order valence-electron chi connectivity index (χ4n) is 3.39. The lowest BCUT2D eigenvalue weighted by molar-refractivity contribution is -0.133. The highest BCUT2D eigenvalue weighted by Crippen LogP contribution is 2.14. The molecule has 2 N–H and O–H groups in total. The molecule has 1 atom stereocenters. The van der Waals surface area contributed by atoms with Gasteiger partial charge in [-0.05, 0) is 20.3 Å². The van der Waals surface area contributed by atoms with Crippen LogP contribution < -0.4 is 10.6 Å². The number of rotatable bonds is 7. The largest absolute Gasteiger partial charge is 0.383 e. The molecule has 27 heavy (non-hydrogen) atoms. The Hall–Kier alpha value is -2.09. The van der Waals surface area contributed by atoms with E-state index in [0.717, 1.165) is 43.4 Å². The van der Waals surface area contributed by atoms with Crippen molar-refractivity contribution in [1.29, 1.82) is 0 Å². The van der Waals surface area contributed by atoms with Gasteiger partial charge in [0.1, 0.15) is 0 Å². The molecule has 1 saturated heterocycles. The Labute approximate surface area is 162 Å². The molecule has 0 aromatic carbocycles. The van der Waals surface area contributed by atoms with Gasteiger partial charge in [0, 0.05) is 57.0 Å². The number of nitrogens with one attached hydrogen (secondary N) is 2. The standard InChI is InChI=1S/C19H34N6O2/c1-13(2)18(26)24-8-7-16(12-24)22-19(20-5)21-11-17-14(3)23-25(15(17)4)9-10-27-6/h13,16H,7-12H2,1-6H3,(H2,20,21,22). The third-order valence-electron chi connectivity index (χ3n) is 5.03. The second-order valence-electron chi connectivity index (χ2n) is 7.36. The normalized spacial score (nSPS) is 17.7. The number of hydrogen-bond donors (Lipinski definition) is 2. The number of aromatic nitrogens is 2. The van der Waals surface area contributed by atoms with Crippen molar-refractivity contribution in [3.8, 4) is 0 Å². The van der Waals surface area contributed by atoms with Gasteiger partial charge in [-0.15, -0.1) is 0 Å². The number of methoxy groups -OCH3 is 1. The summed E-state index contributed by atoms with van der Waals surface area (Å²) in [5, 5.41) is 11.4. The van der Waals surface area contributed by atoms with Crippen LogP contribution in [0, 0.1) is 19.8 Å². The molecule has 1 aliphatic rings. The van der Waals surface area contributed by atoms with Gasteiger partial charge in [-0.3, -0.25) is 14.5 Å². The maximum Gasteiger partial charge on any atom is 0.225 e. The molecular formula is C19H34N6O2. The lowest BCUT2D eigenvalue weighted by Gasteiger charge is -2.20. The van der Waals surface area contributed by atoms with E-state index in [2.05, 4.69) is 27.6 Å². The van der Waals surface area contributed by atoms with Gasteiger partial charge in [0.25, 0.3) is 0 Å². The van der Waals surface area contributed by atoms with E-state index >= 15 is 0 Å². The van der Waals surface area contributed by atoms with E-state index in [9.17, 15) is 4.79 Å². The number of carbonyl (C=O) groups excluding carboxylic acids is 1. The van der Waals surface area contributed by atoms with Crippen LogP contribution in [0.5, 0.6) is 0 Å². The topological polar surface area (TPSA) is 83.8 Å². The van der Waals surface area contributed by atoms with Crippen LogP contribution in [0.25, 0.3) is 0 Å². The Morgan fingerprint density at radius 2 is 2.15 bits per heavy atom. The van der Waals surface area contributed by atoms with Gasteiger partial charge in [0.2, 0.25) is 5.91 Å². The number of carbonyl (C=O) groups is 1. The molecule has 1 fully saturated rings. The van der Waals surface area contributed by atoms with Crippen LogP contribution in [-0.4, -0.2) is 66.4 Å². The SMILES string of the molecule is CN=C(NCc1c(C)nn(CCOC)c1C)NC1CCN(C(=O)C(C)C)C1. The van der Waals surface area contributed by atoms with Crippen LogP contribution >= 0.6 is 0 Å². The summed E-state index contributed by atoms with van der Waals surface area (Å²) in [7, 11) is 3.46. The first-order valence-corrected chi connectivity index (χ1v) is 9.65. The van der Waals surface area contributed by atoms with Crippen LogP contribution in [0.15, 0.2) is 4.99 Å². The van der Waals surface area contributed by atoms with Crippen LogP contribution in [-0.2, 0) is 22.6 Å². The predicted molar refractivity (Wildman–Crippen MR) is 107 cm³/mol. The lowest BCUT2D eigenvalue weighted by Crippen LogP contribution is -2.45. The van der Waals surface area contributed by atoms with E-state index < -0.39 is 0 Å². The number of hydrogen-bond acceptors (Lipinski definition) is 4. The summed E-state index contributed by atoms with van der Waals surface area (Å²) in [5.74, 6) is 1.01. The van der Waals surface area contributed by atoms with Gasteiger partial charge in [-0.25, -0.2) is 0 Å². The van der Waals surface area contributed by atoms with E-state index in [1.165, 1.54) is 5.56 Å². The summed E-state index contributed by atoms with van der Waals surface area (Å²) in [6, 6.07) is 0.227. The van der Waals surface area contributed by atoms with Crippen molar-refractivity contribution < 1.29 is 9.53 Å². The monoisotopic (exact) mass is 378 g/mol. The van der Waals surface area contributed by atoms with E-state index in [0.29, 0.717) is 13.2 Å². The van der Waals surface area contributed by atoms with Crippen molar-refractivity contribution in [3.05, 3.63) is 17.0 Å². The summed E-state index contributed by atoms with van der Waals surface area (Å²) in [4.78, 5) is 18.4. The highest BCUT2D eigenvalue weighted by atomic mass is 16.5. The molecular weight excluding hydrogens is 344 g/mol. The Morgan fingerprint density at radius 1 is 1.41 bits per heavy atom. The molecule has 0 spiro atoms. The zero-order valence-electron chi connectivity index (χ0n) is 17.5. The number of ether oxygens (including phenoxy) is 1. The number of amides is 1. The molecule has 0 radical (unpaired) electrons. The van der Waals surface area contributed by atoms with E-state index in [-0.39, 0.29) is 17.9 Å². The fourth-order valence-corrected chi connectivity index (χ4v) is 3.39. The molecule has 1 amide bonds. The molecule has 2 heterocycles. The second-order valence-corrected chi connectivity index (χ2v) is 7.36. The number of guanidine groups is 1. The van der Waals surface area contributed by atoms with Crippen molar-refractivity contribution in [3.63, 3.8) is 0 Å². The molecule has 0 aliphatic carbocycles. The highest BCUT2D eigenvalue weighted by molar-refractivity contribution is 5.81. The zero-order chi connectivity index (χ0) is 20.0. The number of nitrogens with zero attached hydrogens (tertiary/aromatic N) is 4. The van der Waals surface area contributed by atoms with Gasteiger partial charge >= 0.3 is 0 Å². The summed E-state index contributed by atoms with van der Waals surface area (Å²) < 4.78 is 7.13. The first-order chi connectivity index (χ1) is 12.9. The van der Waals surface area contributed by atoms with Crippen LogP contribution in [0.3, 0.4) is 0 Å². The summed E-state index contributed by atoms with van der Waals surface area (Å²) in [6.45, 7) is 11.6. The molecule has 1 unspecified atom stereocenters. The molecule has 1 aliphatic heterocycles. The third-order valence-corrected chi connectivity index (χ3v) is 5.03. The number of likely N-dealkylation sites (tertiary alicyclic amines) is 1. The molecule has 1 aromatic heterocycles. The summed E-state index contributed by atoms with van der Waals surface area (Å²) in [5.41, 5.74) is 3.33. The maximum absolute atomic E-state index is 12.1. The van der Waals surface area contributed by atoms with E-state index in [1.807, 2.05) is 30.4 Å². The van der Waals surface area contributed by atoms with Crippen molar-refractivity contribution >= 4 is 11.9 Å². The number of aryl methyl sites for hydroxylation is 1. The summed E-state index contributed by atoms with van der Waals surface area (Å²) >= 11 is 0. The van der Waals surface area contributed by atoms with Crippen molar-refractivity contribution in [2.45, 2.75) is 53.2 Å². The van der Waals surface area contributed by atoms with Gasteiger partial charge in [0.05, 0.1) is 18.8 Å². The second kappa shape index (κ2) is 9.73. The Kier molecular flexibility index (Phi) is 7.65. The molecule has 8 nitrogen and oxygen atoms in total. The highest BCUT2D eigenvalue weighted by Gasteiger charge is 2.28. The Balaban J connectivity index is 1.90. The molecule has 152 valence electrons. The minimum atomic E-state index is 0.0433. The lowest BCUT2D eigenvalue weighted by atomic mass is 10.2. The quantitative estimate of drug-likeness (QED) is 0.548. The van der Waals surface area contributed by atoms with E-state index in [1.54, 1.807) is 14.2 Å². The van der Waals surface area contributed by atoms with Gasteiger partial charge in [0.15, 0.2) is 5.96 Å². The minimum Gasteiger partial charge on any atom is -0.383 e. The van der Waals surface area contributed by atoms with Crippen molar-refractivity contribution in [2.75, 3.05) is 33.9 Å². The molecule has 0 saturated carbocycles. The van der Waals surface area contributed by atoms with Crippen molar-refractivity contribution in [1.82, 2.24) is 25.3 Å². The maximum atomic E-state index is 12.1. The minimum absolute atomic E-state index is 0.0433. The molecule has 1 aromatic rings. The molecule has 8 heteroatoms. The molecule has 2 rings (SSSR count). The summed E-state index contributed by atoms with van der Waals surface area (Å²) in [6.07, 6.45) is 0.937. The first-order valence-electron chi connectivity index (χ1n) is 9.65. The van der Waals surface area contributed by atoms with Gasteiger partial charge in [-0.1, -0.05) is 13.8 Å². The smallest absolute Gasteiger partial charge is 0.225 e. The van der Waals surface area contributed by atoms with Crippen LogP contribution in [0.4, 0.5) is 0 Å².